The lowest BCUT2D eigenvalue weighted by Gasteiger charge is -2.19. The highest BCUT2D eigenvalue weighted by molar-refractivity contribution is 9.10. The van der Waals surface area contributed by atoms with E-state index in [1.165, 1.54) is 6.07 Å². The minimum absolute atomic E-state index is 0.0000463. The van der Waals surface area contributed by atoms with Gasteiger partial charge in [0.05, 0.1) is 5.69 Å². The molecule has 1 aromatic rings. The van der Waals surface area contributed by atoms with Crippen LogP contribution in [0.3, 0.4) is 0 Å². The van der Waals surface area contributed by atoms with Gasteiger partial charge in [-0.05, 0) is 55.3 Å². The Morgan fingerprint density at radius 3 is 2.65 bits per heavy atom. The fourth-order valence-electron chi connectivity index (χ4n) is 1.07. The van der Waals surface area contributed by atoms with E-state index < -0.39 is 17.6 Å². The summed E-state index contributed by atoms with van der Waals surface area (Å²) < 4.78 is 18.8. The smallest absolute Gasteiger partial charge is 0.412 e. The molecule has 94 valence electrons. The highest BCUT2D eigenvalue weighted by Gasteiger charge is 2.18. The normalized spacial score (nSPS) is 11.2. The lowest BCUT2D eigenvalue weighted by atomic mass is 10.2. The monoisotopic (exact) mass is 304 g/mol. The molecule has 1 N–H and O–H groups in total. The van der Waals surface area contributed by atoms with E-state index in [1.54, 1.807) is 27.7 Å². The Morgan fingerprint density at radius 2 is 2.12 bits per heavy atom. The molecule has 0 bridgehead atoms. The van der Waals surface area contributed by atoms with Gasteiger partial charge in [0.15, 0.2) is 0 Å². The number of rotatable bonds is 1. The van der Waals surface area contributed by atoms with Gasteiger partial charge in [0, 0.05) is 0 Å². The van der Waals surface area contributed by atoms with Gasteiger partial charge in [-0.2, -0.15) is 4.39 Å². The molecule has 1 amide bonds. The van der Waals surface area contributed by atoms with Crippen LogP contribution >= 0.6 is 15.9 Å². The number of nitrogens with zero attached hydrogens (tertiary/aromatic N) is 1. The molecule has 0 radical (unpaired) electrons. The molecular formula is C11H14BrFN2O2. The second kappa shape index (κ2) is 5.00. The van der Waals surface area contributed by atoms with Crippen molar-refractivity contribution in [3.05, 3.63) is 22.2 Å². The lowest BCUT2D eigenvalue weighted by molar-refractivity contribution is 0.0635. The van der Waals surface area contributed by atoms with Crippen LogP contribution in [0.15, 0.2) is 10.7 Å². The summed E-state index contributed by atoms with van der Waals surface area (Å²) in [6.45, 7) is 6.94. The van der Waals surface area contributed by atoms with E-state index in [2.05, 4.69) is 26.2 Å². The third-order valence-corrected chi connectivity index (χ3v) is 2.54. The molecule has 1 heterocycles. The molecule has 0 aromatic carbocycles. The standard InChI is InChI=1S/C11H14BrFN2O2/c1-6-5-7(9(13)15-8(6)12)14-10(16)17-11(2,3)4/h5H,1-4H3,(H,14,16). The second-order valence-electron chi connectivity index (χ2n) is 4.56. The summed E-state index contributed by atoms with van der Waals surface area (Å²) in [5.41, 5.74) is 0.0932. The van der Waals surface area contributed by atoms with E-state index in [1.807, 2.05) is 0 Å². The number of hydrogen-bond donors (Lipinski definition) is 1. The van der Waals surface area contributed by atoms with Crippen molar-refractivity contribution in [1.29, 1.82) is 0 Å². The van der Waals surface area contributed by atoms with Crippen molar-refractivity contribution in [2.24, 2.45) is 0 Å². The Morgan fingerprint density at radius 1 is 1.53 bits per heavy atom. The zero-order valence-electron chi connectivity index (χ0n) is 10.1. The quantitative estimate of drug-likeness (QED) is 0.806. The number of halogens is 2. The average Bonchev–Trinajstić information content (AvgIpc) is 2.11. The number of carbonyl (C=O) groups is 1. The molecule has 0 saturated carbocycles. The number of pyridine rings is 1. The van der Waals surface area contributed by atoms with E-state index in [0.29, 0.717) is 4.60 Å². The van der Waals surface area contributed by atoms with Crippen LogP contribution in [0, 0.1) is 12.9 Å². The van der Waals surface area contributed by atoms with Gasteiger partial charge in [-0.1, -0.05) is 0 Å². The molecule has 0 spiro atoms. The summed E-state index contributed by atoms with van der Waals surface area (Å²) in [7, 11) is 0. The van der Waals surface area contributed by atoms with Gasteiger partial charge in [-0.3, -0.25) is 5.32 Å². The van der Waals surface area contributed by atoms with Crippen LogP contribution in [0.2, 0.25) is 0 Å². The molecule has 0 aliphatic rings. The van der Waals surface area contributed by atoms with Crippen molar-refractivity contribution in [2.45, 2.75) is 33.3 Å². The Labute approximate surface area is 108 Å². The predicted molar refractivity (Wildman–Crippen MR) is 66.5 cm³/mol. The first-order valence-electron chi connectivity index (χ1n) is 5.01. The van der Waals surface area contributed by atoms with Gasteiger partial charge in [0.1, 0.15) is 10.2 Å². The van der Waals surface area contributed by atoms with Crippen molar-refractivity contribution in [1.82, 2.24) is 4.98 Å². The molecule has 0 aliphatic carbocycles. The summed E-state index contributed by atoms with van der Waals surface area (Å²) in [6.07, 6.45) is -0.708. The Hall–Kier alpha value is -1.17. The summed E-state index contributed by atoms with van der Waals surface area (Å²) >= 11 is 3.10. The number of nitrogens with one attached hydrogen (secondary N) is 1. The highest BCUT2D eigenvalue weighted by atomic mass is 79.9. The molecule has 1 aromatic heterocycles. The van der Waals surface area contributed by atoms with E-state index in [0.717, 1.165) is 5.56 Å². The van der Waals surface area contributed by atoms with Crippen LogP contribution in [0.25, 0.3) is 0 Å². The van der Waals surface area contributed by atoms with E-state index in [-0.39, 0.29) is 5.69 Å². The first kappa shape index (κ1) is 13.9. The highest BCUT2D eigenvalue weighted by Crippen LogP contribution is 2.21. The molecule has 4 nitrogen and oxygen atoms in total. The van der Waals surface area contributed by atoms with Gasteiger partial charge in [0.2, 0.25) is 5.95 Å². The zero-order chi connectivity index (χ0) is 13.2. The average molecular weight is 305 g/mol. The van der Waals surface area contributed by atoms with Gasteiger partial charge in [-0.25, -0.2) is 9.78 Å². The first-order valence-corrected chi connectivity index (χ1v) is 5.81. The molecule has 0 unspecified atom stereocenters. The van der Waals surface area contributed by atoms with Crippen molar-refractivity contribution < 1.29 is 13.9 Å². The maximum absolute atomic E-state index is 13.4. The number of carbonyl (C=O) groups excluding carboxylic acids is 1. The number of aromatic nitrogens is 1. The number of aryl methyl sites for hydroxylation is 1. The maximum atomic E-state index is 13.4. The third-order valence-electron chi connectivity index (χ3n) is 1.74. The molecule has 0 fully saturated rings. The number of amides is 1. The first-order chi connectivity index (χ1) is 7.69. The lowest BCUT2D eigenvalue weighted by Crippen LogP contribution is -2.27. The van der Waals surface area contributed by atoms with Crippen LogP contribution in [0.4, 0.5) is 14.9 Å². The second-order valence-corrected chi connectivity index (χ2v) is 5.31. The SMILES string of the molecule is Cc1cc(NC(=O)OC(C)(C)C)c(F)nc1Br. The number of hydrogen-bond acceptors (Lipinski definition) is 3. The van der Waals surface area contributed by atoms with E-state index in [9.17, 15) is 9.18 Å². The predicted octanol–water partition coefficient (Wildman–Crippen LogP) is 3.64. The zero-order valence-corrected chi connectivity index (χ0v) is 11.7. The minimum atomic E-state index is -0.756. The fourth-order valence-corrected chi connectivity index (χ4v) is 1.34. The van der Waals surface area contributed by atoms with Crippen molar-refractivity contribution in [3.8, 4) is 0 Å². The van der Waals surface area contributed by atoms with Gasteiger partial charge in [0.25, 0.3) is 0 Å². The molecule has 1 rings (SSSR count). The van der Waals surface area contributed by atoms with Crippen LogP contribution in [0.5, 0.6) is 0 Å². The summed E-state index contributed by atoms with van der Waals surface area (Å²) in [5.74, 6) is -0.756. The van der Waals surface area contributed by atoms with Gasteiger partial charge >= 0.3 is 6.09 Å². The van der Waals surface area contributed by atoms with E-state index >= 15 is 0 Å². The third kappa shape index (κ3) is 4.30. The number of ether oxygens (including phenoxy) is 1. The number of anilines is 1. The Balaban J connectivity index is 2.82. The molecule has 0 atom stereocenters. The van der Waals surface area contributed by atoms with E-state index in [4.69, 9.17) is 4.74 Å². The molecule has 6 heteroatoms. The fraction of sp³-hybridized carbons (Fsp3) is 0.455. The summed E-state index contributed by atoms with van der Waals surface area (Å²) in [5, 5.41) is 2.32. The Bertz CT molecular complexity index is 444. The molecule has 0 aliphatic heterocycles. The Kier molecular flexibility index (Phi) is 4.08. The summed E-state index contributed by atoms with van der Waals surface area (Å²) in [6, 6.07) is 1.48. The van der Waals surface area contributed by atoms with Crippen LogP contribution in [-0.4, -0.2) is 16.7 Å². The van der Waals surface area contributed by atoms with Gasteiger partial charge < -0.3 is 4.74 Å². The topological polar surface area (TPSA) is 51.2 Å². The van der Waals surface area contributed by atoms with Gasteiger partial charge in [-0.15, -0.1) is 0 Å². The van der Waals surface area contributed by atoms with Crippen LogP contribution in [0.1, 0.15) is 26.3 Å². The maximum Gasteiger partial charge on any atom is 0.412 e. The minimum Gasteiger partial charge on any atom is -0.444 e. The van der Waals surface area contributed by atoms with Crippen LogP contribution in [-0.2, 0) is 4.74 Å². The molecule has 17 heavy (non-hydrogen) atoms. The molecule has 0 saturated heterocycles. The largest absolute Gasteiger partial charge is 0.444 e. The van der Waals surface area contributed by atoms with Crippen molar-refractivity contribution in [3.63, 3.8) is 0 Å². The molecular weight excluding hydrogens is 291 g/mol. The van der Waals surface area contributed by atoms with Crippen molar-refractivity contribution in [2.75, 3.05) is 5.32 Å². The summed E-state index contributed by atoms with van der Waals surface area (Å²) in [4.78, 5) is 15.0. The van der Waals surface area contributed by atoms with Crippen molar-refractivity contribution >= 4 is 27.7 Å². The van der Waals surface area contributed by atoms with Crippen LogP contribution < -0.4 is 5.32 Å².